The molecule has 1 saturated heterocycles. The van der Waals surface area contributed by atoms with E-state index in [-0.39, 0.29) is 30.0 Å². The first-order chi connectivity index (χ1) is 10.6. The van der Waals surface area contributed by atoms with Gasteiger partial charge in [0.2, 0.25) is 11.8 Å². The Bertz CT molecular complexity index is 536. The number of benzene rings is 1. The highest BCUT2D eigenvalue weighted by atomic mass is 19.1. The summed E-state index contributed by atoms with van der Waals surface area (Å²) in [7, 11) is 1.58. The third kappa shape index (κ3) is 4.27. The van der Waals surface area contributed by atoms with Crippen LogP contribution in [-0.4, -0.2) is 50.1 Å². The first kappa shape index (κ1) is 16.4. The van der Waals surface area contributed by atoms with Crippen LogP contribution in [0.1, 0.15) is 12.0 Å². The van der Waals surface area contributed by atoms with Gasteiger partial charge in [0.15, 0.2) is 0 Å². The number of nitrogens with zero attached hydrogens (tertiary/aromatic N) is 1. The van der Waals surface area contributed by atoms with E-state index in [1.807, 2.05) is 0 Å². The molecule has 2 rings (SSSR count). The Morgan fingerprint density at radius 1 is 1.45 bits per heavy atom. The van der Waals surface area contributed by atoms with Gasteiger partial charge in [0.25, 0.3) is 0 Å². The van der Waals surface area contributed by atoms with Crippen molar-refractivity contribution in [3.8, 4) is 0 Å². The lowest BCUT2D eigenvalue weighted by atomic mass is 10.1. The Kier molecular flexibility index (Phi) is 5.89. The molecule has 1 atom stereocenters. The van der Waals surface area contributed by atoms with Crippen LogP contribution in [0, 0.1) is 11.7 Å². The van der Waals surface area contributed by atoms with E-state index in [2.05, 4.69) is 5.32 Å². The molecular weight excluding hydrogens is 287 g/mol. The number of methoxy groups -OCH3 is 1. The van der Waals surface area contributed by atoms with E-state index in [0.717, 1.165) is 0 Å². The average molecular weight is 308 g/mol. The fraction of sp³-hybridized carbons (Fsp3) is 0.500. The topological polar surface area (TPSA) is 58.6 Å². The van der Waals surface area contributed by atoms with Gasteiger partial charge in [-0.15, -0.1) is 0 Å². The van der Waals surface area contributed by atoms with Crippen LogP contribution in [0.4, 0.5) is 4.39 Å². The van der Waals surface area contributed by atoms with Gasteiger partial charge in [-0.3, -0.25) is 9.59 Å². The number of ether oxygens (including phenoxy) is 1. The summed E-state index contributed by atoms with van der Waals surface area (Å²) >= 11 is 0. The summed E-state index contributed by atoms with van der Waals surface area (Å²) < 4.78 is 18.4. The van der Waals surface area contributed by atoms with Crippen LogP contribution in [0.25, 0.3) is 0 Å². The molecule has 22 heavy (non-hydrogen) atoms. The minimum Gasteiger partial charge on any atom is -0.383 e. The van der Waals surface area contributed by atoms with Gasteiger partial charge in [-0.05, 0) is 18.1 Å². The number of nitrogens with one attached hydrogen (secondary N) is 1. The summed E-state index contributed by atoms with van der Waals surface area (Å²) in [5, 5.41) is 2.78. The second-order valence-electron chi connectivity index (χ2n) is 5.37. The molecule has 6 heteroatoms. The second-order valence-corrected chi connectivity index (χ2v) is 5.37. The van der Waals surface area contributed by atoms with Gasteiger partial charge in [-0.25, -0.2) is 4.39 Å². The SMILES string of the molecule is COCCN1CC(C(=O)NCCc2ccccc2F)CC1=O. The van der Waals surface area contributed by atoms with Gasteiger partial charge in [0.05, 0.1) is 12.5 Å². The summed E-state index contributed by atoms with van der Waals surface area (Å²) in [5.41, 5.74) is 0.576. The molecule has 0 saturated carbocycles. The summed E-state index contributed by atoms with van der Waals surface area (Å²) in [6.45, 7) is 1.76. The van der Waals surface area contributed by atoms with Crippen LogP contribution in [0.3, 0.4) is 0 Å². The molecule has 5 nitrogen and oxygen atoms in total. The molecule has 2 amide bonds. The number of carbonyl (C=O) groups excluding carboxylic acids is 2. The monoisotopic (exact) mass is 308 g/mol. The van der Waals surface area contributed by atoms with Crippen molar-refractivity contribution < 1.29 is 18.7 Å². The molecule has 0 radical (unpaired) electrons. The molecule has 1 fully saturated rings. The Morgan fingerprint density at radius 2 is 2.23 bits per heavy atom. The van der Waals surface area contributed by atoms with E-state index in [1.54, 1.807) is 30.2 Å². The zero-order chi connectivity index (χ0) is 15.9. The van der Waals surface area contributed by atoms with Gasteiger partial charge < -0.3 is 15.0 Å². The van der Waals surface area contributed by atoms with E-state index in [1.165, 1.54) is 6.07 Å². The number of likely N-dealkylation sites (tertiary alicyclic amines) is 1. The minimum atomic E-state index is -0.329. The smallest absolute Gasteiger partial charge is 0.225 e. The molecule has 1 unspecified atom stereocenters. The Morgan fingerprint density at radius 3 is 2.95 bits per heavy atom. The standard InChI is InChI=1S/C16H21FN2O3/c1-22-9-8-19-11-13(10-15(19)20)16(21)18-7-6-12-4-2-3-5-14(12)17/h2-5,13H,6-11H2,1H3,(H,18,21). The summed E-state index contributed by atoms with van der Waals surface area (Å²) in [6.07, 6.45) is 0.668. The van der Waals surface area contributed by atoms with Crippen molar-refractivity contribution in [1.29, 1.82) is 0 Å². The summed E-state index contributed by atoms with van der Waals surface area (Å²) in [6, 6.07) is 6.51. The quantitative estimate of drug-likeness (QED) is 0.817. The van der Waals surface area contributed by atoms with Crippen LogP contribution in [0.15, 0.2) is 24.3 Å². The van der Waals surface area contributed by atoms with Crippen molar-refractivity contribution in [2.24, 2.45) is 5.92 Å². The highest BCUT2D eigenvalue weighted by molar-refractivity contribution is 5.89. The van der Waals surface area contributed by atoms with Crippen LogP contribution in [0.5, 0.6) is 0 Å². The van der Waals surface area contributed by atoms with Crippen molar-refractivity contribution in [1.82, 2.24) is 10.2 Å². The number of halogens is 1. The number of hydrogen-bond donors (Lipinski definition) is 1. The molecule has 1 aliphatic rings. The van der Waals surface area contributed by atoms with E-state index < -0.39 is 0 Å². The van der Waals surface area contributed by atoms with Crippen molar-refractivity contribution >= 4 is 11.8 Å². The van der Waals surface area contributed by atoms with Crippen molar-refractivity contribution in [3.63, 3.8) is 0 Å². The molecule has 1 aromatic carbocycles. The maximum atomic E-state index is 13.5. The molecule has 1 aliphatic heterocycles. The maximum Gasteiger partial charge on any atom is 0.225 e. The number of rotatable bonds is 7. The normalized spacial score (nSPS) is 17.8. The first-order valence-corrected chi connectivity index (χ1v) is 7.39. The average Bonchev–Trinajstić information content (AvgIpc) is 2.88. The molecule has 0 aliphatic carbocycles. The van der Waals surface area contributed by atoms with Crippen molar-refractivity contribution in [3.05, 3.63) is 35.6 Å². The van der Waals surface area contributed by atoms with E-state index in [9.17, 15) is 14.0 Å². The van der Waals surface area contributed by atoms with Gasteiger partial charge in [0.1, 0.15) is 5.82 Å². The predicted molar refractivity (Wildman–Crippen MR) is 79.7 cm³/mol. The molecule has 0 aromatic heterocycles. The molecule has 0 spiro atoms. The Hall–Kier alpha value is -1.95. The molecule has 0 bridgehead atoms. The summed E-state index contributed by atoms with van der Waals surface area (Å²) in [4.78, 5) is 25.5. The number of hydrogen-bond acceptors (Lipinski definition) is 3. The fourth-order valence-corrected chi connectivity index (χ4v) is 2.53. The van der Waals surface area contributed by atoms with Gasteiger partial charge in [0, 0.05) is 33.2 Å². The van der Waals surface area contributed by atoms with E-state index >= 15 is 0 Å². The number of amides is 2. The van der Waals surface area contributed by atoms with Crippen LogP contribution in [-0.2, 0) is 20.7 Å². The van der Waals surface area contributed by atoms with Gasteiger partial charge in [-0.2, -0.15) is 0 Å². The zero-order valence-corrected chi connectivity index (χ0v) is 12.7. The van der Waals surface area contributed by atoms with Gasteiger partial charge >= 0.3 is 0 Å². The van der Waals surface area contributed by atoms with Gasteiger partial charge in [-0.1, -0.05) is 18.2 Å². The molecule has 1 N–H and O–H groups in total. The number of carbonyl (C=O) groups is 2. The van der Waals surface area contributed by atoms with Crippen molar-refractivity contribution in [2.45, 2.75) is 12.8 Å². The van der Waals surface area contributed by atoms with E-state index in [0.29, 0.717) is 38.2 Å². The highest BCUT2D eigenvalue weighted by Crippen LogP contribution is 2.17. The largest absolute Gasteiger partial charge is 0.383 e. The predicted octanol–water partition coefficient (Wildman–Crippen LogP) is 0.979. The fourth-order valence-electron chi connectivity index (χ4n) is 2.53. The molecule has 1 aromatic rings. The first-order valence-electron chi connectivity index (χ1n) is 7.39. The van der Waals surface area contributed by atoms with E-state index in [4.69, 9.17) is 4.74 Å². The lowest BCUT2D eigenvalue weighted by Crippen LogP contribution is -2.35. The van der Waals surface area contributed by atoms with Crippen LogP contribution < -0.4 is 5.32 Å². The highest BCUT2D eigenvalue weighted by Gasteiger charge is 2.33. The lowest BCUT2D eigenvalue weighted by molar-refractivity contribution is -0.129. The maximum absolute atomic E-state index is 13.5. The Labute approximate surface area is 129 Å². The lowest BCUT2D eigenvalue weighted by Gasteiger charge is -2.15. The molecular formula is C16H21FN2O3. The summed E-state index contributed by atoms with van der Waals surface area (Å²) in [5.74, 6) is -0.764. The second kappa shape index (κ2) is 7.89. The third-order valence-electron chi connectivity index (χ3n) is 3.80. The zero-order valence-electron chi connectivity index (χ0n) is 12.7. The Balaban J connectivity index is 1.76. The van der Waals surface area contributed by atoms with Crippen molar-refractivity contribution in [2.75, 3.05) is 33.4 Å². The molecule has 120 valence electrons. The third-order valence-corrected chi connectivity index (χ3v) is 3.80. The van der Waals surface area contributed by atoms with Crippen LogP contribution in [0.2, 0.25) is 0 Å². The minimum absolute atomic E-state index is 0.0219. The molecule has 1 heterocycles. The van der Waals surface area contributed by atoms with Crippen LogP contribution >= 0.6 is 0 Å².